The van der Waals surface area contributed by atoms with Gasteiger partial charge in [0.05, 0.1) is 5.69 Å². The number of anilines is 1. The standard InChI is InChI=1S/C14H22BrN/c1-5-12(6-2)9-16-14-11(4)7-10(3)8-13(14)15/h7-8,12,16H,5-6,9H2,1-4H3. The Balaban J connectivity index is 2.74. The van der Waals surface area contributed by atoms with Crippen molar-refractivity contribution in [2.75, 3.05) is 11.9 Å². The topological polar surface area (TPSA) is 12.0 Å². The molecule has 0 atom stereocenters. The number of nitrogens with one attached hydrogen (secondary N) is 1. The van der Waals surface area contributed by atoms with E-state index in [2.05, 4.69) is 61.1 Å². The molecular formula is C14H22BrN. The quantitative estimate of drug-likeness (QED) is 0.809. The van der Waals surface area contributed by atoms with Crippen LogP contribution in [-0.4, -0.2) is 6.54 Å². The average Bonchev–Trinajstić information content (AvgIpc) is 2.22. The van der Waals surface area contributed by atoms with Gasteiger partial charge < -0.3 is 5.32 Å². The van der Waals surface area contributed by atoms with Crippen molar-refractivity contribution in [1.29, 1.82) is 0 Å². The van der Waals surface area contributed by atoms with Crippen LogP contribution in [0.1, 0.15) is 37.8 Å². The molecule has 1 N–H and O–H groups in total. The zero-order valence-corrected chi connectivity index (χ0v) is 12.3. The van der Waals surface area contributed by atoms with Gasteiger partial charge in [-0.25, -0.2) is 0 Å². The van der Waals surface area contributed by atoms with E-state index in [1.807, 2.05) is 0 Å². The number of aryl methyl sites for hydroxylation is 2. The first-order chi connectivity index (χ1) is 7.58. The Kier molecular flexibility index (Phi) is 5.33. The Bertz CT molecular complexity index is 320. The van der Waals surface area contributed by atoms with Crippen molar-refractivity contribution in [2.24, 2.45) is 5.92 Å². The van der Waals surface area contributed by atoms with Gasteiger partial charge in [0.25, 0.3) is 0 Å². The van der Waals surface area contributed by atoms with E-state index in [0.717, 1.165) is 12.5 Å². The van der Waals surface area contributed by atoms with Gasteiger partial charge in [0, 0.05) is 11.0 Å². The van der Waals surface area contributed by atoms with Crippen LogP contribution in [0.3, 0.4) is 0 Å². The van der Waals surface area contributed by atoms with Crippen LogP contribution < -0.4 is 5.32 Å². The summed E-state index contributed by atoms with van der Waals surface area (Å²) in [5.74, 6) is 0.771. The molecule has 2 heteroatoms. The first kappa shape index (κ1) is 13.6. The molecule has 0 aromatic heterocycles. The van der Waals surface area contributed by atoms with Gasteiger partial charge in [-0.3, -0.25) is 0 Å². The third kappa shape index (κ3) is 3.51. The lowest BCUT2D eigenvalue weighted by molar-refractivity contribution is 0.519. The summed E-state index contributed by atoms with van der Waals surface area (Å²) >= 11 is 3.63. The normalized spacial score (nSPS) is 10.9. The first-order valence-electron chi connectivity index (χ1n) is 6.09. The Hall–Kier alpha value is -0.500. The van der Waals surface area contributed by atoms with Crippen LogP contribution >= 0.6 is 15.9 Å². The van der Waals surface area contributed by atoms with Gasteiger partial charge >= 0.3 is 0 Å². The fraction of sp³-hybridized carbons (Fsp3) is 0.571. The highest BCUT2D eigenvalue weighted by Gasteiger charge is 2.07. The van der Waals surface area contributed by atoms with Crippen molar-refractivity contribution >= 4 is 21.6 Å². The summed E-state index contributed by atoms with van der Waals surface area (Å²) in [5.41, 5.74) is 3.87. The zero-order chi connectivity index (χ0) is 12.1. The maximum absolute atomic E-state index is 3.63. The summed E-state index contributed by atoms with van der Waals surface area (Å²) < 4.78 is 1.18. The summed E-state index contributed by atoms with van der Waals surface area (Å²) in [6, 6.07) is 4.39. The molecule has 16 heavy (non-hydrogen) atoms. The number of hydrogen-bond acceptors (Lipinski definition) is 1. The van der Waals surface area contributed by atoms with Crippen molar-refractivity contribution in [2.45, 2.75) is 40.5 Å². The summed E-state index contributed by atoms with van der Waals surface area (Å²) in [4.78, 5) is 0. The van der Waals surface area contributed by atoms with Crippen LogP contribution in [0.2, 0.25) is 0 Å². The largest absolute Gasteiger partial charge is 0.384 e. The molecule has 0 saturated carbocycles. The maximum atomic E-state index is 3.63. The Morgan fingerprint density at radius 3 is 2.31 bits per heavy atom. The predicted octanol–water partition coefficient (Wildman–Crippen LogP) is 4.91. The Morgan fingerprint density at radius 1 is 1.19 bits per heavy atom. The summed E-state index contributed by atoms with van der Waals surface area (Å²) in [6.07, 6.45) is 2.48. The summed E-state index contributed by atoms with van der Waals surface area (Å²) in [6.45, 7) is 9.87. The van der Waals surface area contributed by atoms with Crippen LogP contribution in [0.25, 0.3) is 0 Å². The van der Waals surface area contributed by atoms with Gasteiger partial charge in [0.1, 0.15) is 0 Å². The minimum Gasteiger partial charge on any atom is -0.384 e. The van der Waals surface area contributed by atoms with Crippen LogP contribution in [-0.2, 0) is 0 Å². The molecular weight excluding hydrogens is 262 g/mol. The number of halogens is 1. The molecule has 0 radical (unpaired) electrons. The molecule has 1 rings (SSSR count). The van der Waals surface area contributed by atoms with Gasteiger partial charge in [-0.2, -0.15) is 0 Å². The van der Waals surface area contributed by atoms with Crippen LogP contribution in [0.5, 0.6) is 0 Å². The monoisotopic (exact) mass is 283 g/mol. The highest BCUT2D eigenvalue weighted by molar-refractivity contribution is 9.10. The highest BCUT2D eigenvalue weighted by atomic mass is 79.9. The minimum atomic E-state index is 0.771. The average molecular weight is 284 g/mol. The van der Waals surface area contributed by atoms with Gasteiger partial charge in [-0.05, 0) is 52.9 Å². The van der Waals surface area contributed by atoms with E-state index < -0.39 is 0 Å². The molecule has 0 saturated heterocycles. The van der Waals surface area contributed by atoms with Crippen molar-refractivity contribution in [3.8, 4) is 0 Å². The minimum absolute atomic E-state index is 0.771. The van der Waals surface area contributed by atoms with Crippen LogP contribution in [0, 0.1) is 19.8 Å². The van der Waals surface area contributed by atoms with E-state index in [-0.39, 0.29) is 0 Å². The summed E-state index contributed by atoms with van der Waals surface area (Å²) in [5, 5.41) is 3.56. The van der Waals surface area contributed by atoms with Gasteiger partial charge in [-0.15, -0.1) is 0 Å². The molecule has 0 amide bonds. The lowest BCUT2D eigenvalue weighted by Crippen LogP contribution is -2.13. The second kappa shape index (κ2) is 6.29. The predicted molar refractivity (Wildman–Crippen MR) is 76.2 cm³/mol. The summed E-state index contributed by atoms with van der Waals surface area (Å²) in [7, 11) is 0. The van der Waals surface area contributed by atoms with Crippen molar-refractivity contribution < 1.29 is 0 Å². The van der Waals surface area contributed by atoms with Gasteiger partial charge in [0.2, 0.25) is 0 Å². The van der Waals surface area contributed by atoms with Crippen molar-refractivity contribution in [1.82, 2.24) is 0 Å². The van der Waals surface area contributed by atoms with E-state index in [1.54, 1.807) is 0 Å². The Labute approximate surface area is 108 Å². The Morgan fingerprint density at radius 2 is 1.81 bits per heavy atom. The maximum Gasteiger partial charge on any atom is 0.0514 e. The lowest BCUT2D eigenvalue weighted by atomic mass is 10.0. The molecule has 1 aromatic carbocycles. The second-order valence-corrected chi connectivity index (χ2v) is 5.36. The van der Waals surface area contributed by atoms with Crippen LogP contribution in [0.15, 0.2) is 16.6 Å². The molecule has 0 bridgehead atoms. The number of hydrogen-bond donors (Lipinski definition) is 1. The molecule has 0 aliphatic heterocycles. The lowest BCUT2D eigenvalue weighted by Gasteiger charge is -2.17. The first-order valence-corrected chi connectivity index (χ1v) is 6.88. The number of rotatable bonds is 5. The van der Waals surface area contributed by atoms with Gasteiger partial charge in [0.15, 0.2) is 0 Å². The third-order valence-electron chi connectivity index (χ3n) is 3.15. The molecule has 0 heterocycles. The van der Waals surface area contributed by atoms with E-state index in [4.69, 9.17) is 0 Å². The molecule has 90 valence electrons. The van der Waals surface area contributed by atoms with Crippen LogP contribution in [0.4, 0.5) is 5.69 Å². The molecule has 0 aliphatic rings. The molecule has 0 unspecified atom stereocenters. The molecule has 0 fully saturated rings. The fourth-order valence-corrected chi connectivity index (χ4v) is 2.78. The fourth-order valence-electron chi connectivity index (χ4n) is 1.96. The van der Waals surface area contributed by atoms with E-state index in [0.29, 0.717) is 0 Å². The molecule has 1 nitrogen and oxygen atoms in total. The second-order valence-electron chi connectivity index (χ2n) is 4.50. The van der Waals surface area contributed by atoms with Crippen molar-refractivity contribution in [3.05, 3.63) is 27.7 Å². The highest BCUT2D eigenvalue weighted by Crippen LogP contribution is 2.28. The van der Waals surface area contributed by atoms with Gasteiger partial charge in [-0.1, -0.05) is 32.8 Å². The van der Waals surface area contributed by atoms with E-state index in [9.17, 15) is 0 Å². The number of benzene rings is 1. The zero-order valence-electron chi connectivity index (χ0n) is 10.7. The van der Waals surface area contributed by atoms with E-state index >= 15 is 0 Å². The molecule has 0 spiro atoms. The third-order valence-corrected chi connectivity index (χ3v) is 3.78. The molecule has 0 aliphatic carbocycles. The molecule has 1 aromatic rings. The van der Waals surface area contributed by atoms with E-state index in [1.165, 1.54) is 34.1 Å². The van der Waals surface area contributed by atoms with Crippen molar-refractivity contribution in [3.63, 3.8) is 0 Å². The smallest absolute Gasteiger partial charge is 0.0514 e. The SMILES string of the molecule is CCC(CC)CNc1c(C)cc(C)cc1Br.